The number of fused-ring (bicyclic) bond motifs is 1. The highest BCUT2D eigenvalue weighted by molar-refractivity contribution is 6.36. The second kappa shape index (κ2) is 4.80. The summed E-state index contributed by atoms with van der Waals surface area (Å²) in [6.45, 7) is 2.38. The number of pyridine rings is 1. The van der Waals surface area contributed by atoms with E-state index >= 15 is 0 Å². The molecule has 0 fully saturated rings. The normalized spacial score (nSPS) is 11.8. The zero-order valence-electron chi connectivity index (χ0n) is 9.22. The van der Waals surface area contributed by atoms with Crippen LogP contribution in [-0.2, 0) is 6.54 Å². The van der Waals surface area contributed by atoms with Gasteiger partial charge in [-0.3, -0.25) is 0 Å². The molecule has 0 radical (unpaired) electrons. The molecule has 0 aromatic carbocycles. The Balaban J connectivity index is 2.85. The average molecular weight is 284 g/mol. The molecule has 0 unspecified atom stereocenters. The Morgan fingerprint density at radius 2 is 2.28 bits per heavy atom. The van der Waals surface area contributed by atoms with Crippen molar-refractivity contribution >= 4 is 39.9 Å². The van der Waals surface area contributed by atoms with Crippen LogP contribution in [0, 0.1) is 11.3 Å². The number of halogens is 2. The van der Waals surface area contributed by atoms with Crippen LogP contribution in [0.15, 0.2) is 11.2 Å². The molecule has 0 saturated carbocycles. The largest absolute Gasteiger partial charge is 0.410 e. The maximum atomic E-state index is 8.88. The first-order chi connectivity index (χ1) is 8.62. The summed E-state index contributed by atoms with van der Waals surface area (Å²) in [5.41, 5.74) is 0.850. The summed E-state index contributed by atoms with van der Waals surface area (Å²) in [7, 11) is 0. The summed E-state index contributed by atoms with van der Waals surface area (Å²) in [6, 6.07) is 3.35. The van der Waals surface area contributed by atoms with Gasteiger partial charge in [-0.1, -0.05) is 28.4 Å². The van der Waals surface area contributed by atoms with E-state index in [1.54, 1.807) is 16.7 Å². The average Bonchev–Trinajstić information content (AvgIpc) is 2.69. The molecular weight excluding hydrogens is 277 g/mol. The van der Waals surface area contributed by atoms with Gasteiger partial charge in [0.05, 0.1) is 5.52 Å². The molecule has 1 N–H and O–H groups in total. The monoisotopic (exact) mass is 283 g/mol. The van der Waals surface area contributed by atoms with Gasteiger partial charge < -0.3 is 9.77 Å². The van der Waals surface area contributed by atoms with E-state index in [0.29, 0.717) is 17.6 Å². The highest BCUT2D eigenvalue weighted by Crippen LogP contribution is 2.25. The Morgan fingerprint density at radius 1 is 1.56 bits per heavy atom. The third-order valence-corrected chi connectivity index (χ3v) is 2.85. The lowest BCUT2D eigenvalue weighted by Gasteiger charge is -2.03. The molecule has 0 bridgehead atoms. The van der Waals surface area contributed by atoms with Crippen LogP contribution in [0.4, 0.5) is 0 Å². The van der Waals surface area contributed by atoms with Gasteiger partial charge in [0.1, 0.15) is 16.7 Å². The molecular formula is C10H7Cl2N5O. The minimum absolute atomic E-state index is 0.140. The number of nitriles is 1. The van der Waals surface area contributed by atoms with Crippen molar-refractivity contribution in [3.05, 3.63) is 22.2 Å². The van der Waals surface area contributed by atoms with Crippen molar-refractivity contribution < 1.29 is 5.21 Å². The Labute approximate surface area is 112 Å². The standard InChI is InChI=1S/C10H7Cl2N5O/c1-2-17-6-3-7(11)14-9(12)8(6)15-10(17)5(4-13)16-18/h3,18H,2H2,1H3/b16-5-. The van der Waals surface area contributed by atoms with Crippen LogP contribution in [0.1, 0.15) is 12.7 Å². The minimum atomic E-state index is -0.194. The fraction of sp³-hybridized carbons (Fsp3) is 0.200. The number of aryl methyl sites for hydroxylation is 1. The van der Waals surface area contributed by atoms with E-state index in [4.69, 9.17) is 33.7 Å². The van der Waals surface area contributed by atoms with Gasteiger partial charge in [-0.25, -0.2) is 9.97 Å². The van der Waals surface area contributed by atoms with Crippen LogP contribution in [0.25, 0.3) is 11.0 Å². The molecule has 0 spiro atoms. The van der Waals surface area contributed by atoms with Gasteiger partial charge in [0.25, 0.3) is 0 Å². The first kappa shape index (κ1) is 12.6. The van der Waals surface area contributed by atoms with E-state index in [1.807, 2.05) is 6.92 Å². The van der Waals surface area contributed by atoms with E-state index in [9.17, 15) is 0 Å². The molecule has 6 nitrogen and oxygen atoms in total. The summed E-state index contributed by atoms with van der Waals surface area (Å²) in [4.78, 5) is 8.03. The SMILES string of the molecule is CCn1c(/C(C#N)=N\O)nc2c(Cl)nc(Cl)cc21. The number of hydrogen-bond donors (Lipinski definition) is 1. The Morgan fingerprint density at radius 3 is 2.83 bits per heavy atom. The van der Waals surface area contributed by atoms with Crippen molar-refractivity contribution in [1.82, 2.24) is 14.5 Å². The second-order valence-corrected chi connectivity index (χ2v) is 4.09. The van der Waals surface area contributed by atoms with Crippen molar-refractivity contribution in [1.29, 1.82) is 5.26 Å². The molecule has 18 heavy (non-hydrogen) atoms. The Bertz CT molecular complexity index is 686. The molecule has 2 rings (SSSR count). The fourth-order valence-electron chi connectivity index (χ4n) is 1.67. The van der Waals surface area contributed by atoms with Crippen LogP contribution in [-0.4, -0.2) is 25.5 Å². The maximum Gasteiger partial charge on any atom is 0.222 e. The van der Waals surface area contributed by atoms with E-state index in [-0.39, 0.29) is 21.8 Å². The van der Waals surface area contributed by atoms with Crippen molar-refractivity contribution in [2.75, 3.05) is 0 Å². The van der Waals surface area contributed by atoms with Crippen molar-refractivity contribution in [2.45, 2.75) is 13.5 Å². The number of imidazole rings is 1. The van der Waals surface area contributed by atoms with Gasteiger partial charge in [0.2, 0.25) is 5.71 Å². The van der Waals surface area contributed by atoms with E-state index in [2.05, 4.69) is 15.1 Å². The van der Waals surface area contributed by atoms with Crippen LogP contribution in [0.5, 0.6) is 0 Å². The van der Waals surface area contributed by atoms with Crippen LogP contribution in [0.3, 0.4) is 0 Å². The van der Waals surface area contributed by atoms with Gasteiger partial charge in [-0.05, 0) is 6.92 Å². The smallest absolute Gasteiger partial charge is 0.222 e. The predicted molar refractivity (Wildman–Crippen MR) is 67.2 cm³/mol. The summed E-state index contributed by atoms with van der Waals surface area (Å²) >= 11 is 11.8. The molecule has 0 aliphatic heterocycles. The second-order valence-electron chi connectivity index (χ2n) is 3.34. The topological polar surface area (TPSA) is 87.1 Å². The molecule has 0 aliphatic rings. The maximum absolute atomic E-state index is 8.88. The molecule has 92 valence electrons. The molecule has 2 aromatic rings. The Kier molecular flexibility index (Phi) is 3.36. The molecule has 0 saturated heterocycles. The lowest BCUT2D eigenvalue weighted by Crippen LogP contribution is -2.08. The third-order valence-electron chi connectivity index (χ3n) is 2.40. The third kappa shape index (κ3) is 1.88. The minimum Gasteiger partial charge on any atom is -0.410 e. The summed E-state index contributed by atoms with van der Waals surface area (Å²) in [6.07, 6.45) is 0. The highest BCUT2D eigenvalue weighted by atomic mass is 35.5. The van der Waals surface area contributed by atoms with E-state index < -0.39 is 0 Å². The van der Waals surface area contributed by atoms with Gasteiger partial charge in [-0.15, -0.1) is 0 Å². The van der Waals surface area contributed by atoms with E-state index in [1.165, 1.54) is 0 Å². The lowest BCUT2D eigenvalue weighted by molar-refractivity contribution is 0.319. The number of oxime groups is 1. The van der Waals surface area contributed by atoms with Gasteiger partial charge in [0.15, 0.2) is 11.0 Å². The zero-order valence-corrected chi connectivity index (χ0v) is 10.7. The molecule has 0 amide bonds. The first-order valence-electron chi connectivity index (χ1n) is 4.97. The zero-order chi connectivity index (χ0) is 13.3. The van der Waals surface area contributed by atoms with Gasteiger partial charge in [0, 0.05) is 12.6 Å². The molecule has 0 aliphatic carbocycles. The molecule has 2 aromatic heterocycles. The van der Waals surface area contributed by atoms with Crippen LogP contribution in [0.2, 0.25) is 10.3 Å². The Hall–Kier alpha value is -1.84. The number of aromatic nitrogens is 3. The van der Waals surface area contributed by atoms with Crippen molar-refractivity contribution in [2.24, 2.45) is 5.16 Å². The van der Waals surface area contributed by atoms with Crippen LogP contribution >= 0.6 is 23.2 Å². The molecule has 8 heteroatoms. The number of hydrogen-bond acceptors (Lipinski definition) is 5. The summed E-state index contributed by atoms with van der Waals surface area (Å²) in [5, 5.41) is 20.9. The summed E-state index contributed by atoms with van der Waals surface area (Å²) in [5.74, 6) is 0.225. The van der Waals surface area contributed by atoms with E-state index in [0.717, 1.165) is 0 Å². The highest BCUT2D eigenvalue weighted by Gasteiger charge is 2.18. The summed E-state index contributed by atoms with van der Waals surface area (Å²) < 4.78 is 1.67. The van der Waals surface area contributed by atoms with Crippen LogP contribution < -0.4 is 0 Å². The quantitative estimate of drug-likeness (QED) is 0.397. The fourth-order valence-corrected chi connectivity index (χ4v) is 2.13. The molecule has 2 heterocycles. The molecule has 0 atom stereocenters. The number of rotatable bonds is 2. The van der Waals surface area contributed by atoms with Crippen molar-refractivity contribution in [3.8, 4) is 6.07 Å². The lowest BCUT2D eigenvalue weighted by atomic mass is 10.4. The number of nitrogens with zero attached hydrogens (tertiary/aromatic N) is 5. The van der Waals surface area contributed by atoms with Gasteiger partial charge >= 0.3 is 0 Å². The first-order valence-corrected chi connectivity index (χ1v) is 5.72. The van der Waals surface area contributed by atoms with Crippen molar-refractivity contribution in [3.63, 3.8) is 0 Å². The van der Waals surface area contributed by atoms with Gasteiger partial charge in [-0.2, -0.15) is 5.26 Å². The predicted octanol–water partition coefficient (Wildman–Crippen LogP) is 2.46.